The molecule has 0 aromatic rings. The number of hydrogen-bond acceptors (Lipinski definition) is 6. The average molecular weight is 934 g/mol. The predicted molar refractivity (Wildman–Crippen MR) is 284 cm³/mol. The Morgan fingerprint density at radius 2 is 0.439 bits per heavy atom. The van der Waals surface area contributed by atoms with Crippen molar-refractivity contribution in [1.29, 1.82) is 0 Å². The minimum Gasteiger partial charge on any atom is -0.462 e. The normalized spacial score (nSPS) is 12.1. The van der Waals surface area contributed by atoms with E-state index in [0.717, 1.165) is 75.5 Å². The van der Waals surface area contributed by atoms with Gasteiger partial charge in [0, 0.05) is 19.3 Å². The van der Waals surface area contributed by atoms with Gasteiger partial charge in [-0.25, -0.2) is 0 Å². The Bertz CT molecular complexity index is 1020. The molecule has 0 radical (unpaired) electrons. The van der Waals surface area contributed by atoms with Crippen LogP contribution in [0.3, 0.4) is 0 Å². The van der Waals surface area contributed by atoms with Crippen LogP contribution in [0, 0.1) is 17.8 Å². The molecule has 0 rings (SSSR count). The molecule has 0 bridgehead atoms. The average Bonchev–Trinajstić information content (AvgIpc) is 3.28. The molecule has 0 aromatic heterocycles. The van der Waals surface area contributed by atoms with Crippen molar-refractivity contribution >= 4 is 17.9 Å². The van der Waals surface area contributed by atoms with Gasteiger partial charge >= 0.3 is 17.9 Å². The molecule has 1 atom stereocenters. The molecule has 0 spiro atoms. The van der Waals surface area contributed by atoms with Crippen molar-refractivity contribution in [3.8, 4) is 0 Å². The van der Waals surface area contributed by atoms with Gasteiger partial charge < -0.3 is 14.2 Å². The monoisotopic (exact) mass is 933 g/mol. The third kappa shape index (κ3) is 53.4. The third-order valence-corrected chi connectivity index (χ3v) is 13.6. The van der Waals surface area contributed by atoms with Crippen molar-refractivity contribution in [2.24, 2.45) is 17.8 Å². The molecule has 0 aromatic carbocycles. The lowest BCUT2D eigenvalue weighted by Crippen LogP contribution is -2.30. The lowest BCUT2D eigenvalue weighted by molar-refractivity contribution is -0.167. The summed E-state index contributed by atoms with van der Waals surface area (Å²) in [5, 5.41) is 0. The quantitative estimate of drug-likeness (QED) is 0.0343. The molecule has 6 heteroatoms. The third-order valence-electron chi connectivity index (χ3n) is 13.6. The molecule has 0 fully saturated rings. The summed E-state index contributed by atoms with van der Waals surface area (Å²) in [6.07, 6.45) is 54.1. The van der Waals surface area contributed by atoms with Gasteiger partial charge in [-0.1, -0.05) is 292 Å². The van der Waals surface area contributed by atoms with Crippen LogP contribution in [0.5, 0.6) is 0 Å². The summed E-state index contributed by atoms with van der Waals surface area (Å²) in [4.78, 5) is 38.1. The Balaban J connectivity index is 4.19. The molecule has 0 aliphatic rings. The number of carbonyl (C=O) groups is 3. The Morgan fingerprint density at radius 3 is 0.652 bits per heavy atom. The van der Waals surface area contributed by atoms with Crippen molar-refractivity contribution in [3.05, 3.63) is 0 Å². The van der Waals surface area contributed by atoms with Crippen LogP contribution in [0.4, 0.5) is 0 Å². The zero-order valence-electron chi connectivity index (χ0n) is 45.5. The van der Waals surface area contributed by atoms with Crippen molar-refractivity contribution in [3.63, 3.8) is 0 Å². The molecule has 6 nitrogen and oxygen atoms in total. The van der Waals surface area contributed by atoms with Gasteiger partial charge in [-0.15, -0.1) is 0 Å². The van der Waals surface area contributed by atoms with Crippen LogP contribution in [-0.2, 0) is 28.6 Å². The van der Waals surface area contributed by atoms with E-state index >= 15 is 0 Å². The van der Waals surface area contributed by atoms with E-state index in [9.17, 15) is 14.4 Å². The Morgan fingerprint density at radius 1 is 0.258 bits per heavy atom. The second kappa shape index (κ2) is 51.3. The number of hydrogen-bond donors (Lipinski definition) is 0. The van der Waals surface area contributed by atoms with Gasteiger partial charge in [-0.2, -0.15) is 0 Å². The molecule has 0 aliphatic carbocycles. The number of carbonyl (C=O) groups excluding carboxylic acids is 3. The van der Waals surface area contributed by atoms with Crippen molar-refractivity contribution < 1.29 is 28.6 Å². The van der Waals surface area contributed by atoms with Crippen LogP contribution in [0.15, 0.2) is 0 Å². The molecule has 0 aliphatic heterocycles. The molecular formula is C60H116O6. The van der Waals surface area contributed by atoms with Gasteiger partial charge in [0.25, 0.3) is 0 Å². The van der Waals surface area contributed by atoms with Crippen LogP contribution in [0.25, 0.3) is 0 Å². The maximum atomic E-state index is 12.9. The SMILES string of the molecule is CC(C)CCCCCCCCCCCCCCCCCCCCC(=O)O[C@@H](COC(=O)CCCCCCCCCCCCCCCCCC(C)C)COC(=O)CCCCCCCCC(C)C. The summed E-state index contributed by atoms with van der Waals surface area (Å²) in [5.41, 5.74) is 0. The molecule has 66 heavy (non-hydrogen) atoms. The van der Waals surface area contributed by atoms with Gasteiger partial charge in [0.1, 0.15) is 13.2 Å². The zero-order valence-corrected chi connectivity index (χ0v) is 45.5. The Labute approximate surface area is 412 Å². The fourth-order valence-corrected chi connectivity index (χ4v) is 9.18. The number of ether oxygens (including phenoxy) is 3. The highest BCUT2D eigenvalue weighted by molar-refractivity contribution is 5.71. The summed E-state index contributed by atoms with van der Waals surface area (Å²) in [5.74, 6) is 1.62. The largest absolute Gasteiger partial charge is 0.462 e. The fraction of sp³-hybridized carbons (Fsp3) is 0.950. The summed E-state index contributed by atoms with van der Waals surface area (Å²) in [6, 6.07) is 0. The predicted octanol–water partition coefficient (Wildman–Crippen LogP) is 19.5. The van der Waals surface area contributed by atoms with Crippen LogP contribution >= 0.6 is 0 Å². The second-order valence-electron chi connectivity index (χ2n) is 22.1. The smallest absolute Gasteiger partial charge is 0.306 e. The van der Waals surface area contributed by atoms with Crippen LogP contribution < -0.4 is 0 Å². The minimum absolute atomic E-state index is 0.0642. The number of rotatable bonds is 53. The van der Waals surface area contributed by atoms with Gasteiger partial charge in [-0.05, 0) is 37.0 Å². The van der Waals surface area contributed by atoms with E-state index in [4.69, 9.17) is 14.2 Å². The van der Waals surface area contributed by atoms with E-state index in [1.807, 2.05) is 0 Å². The Kier molecular flexibility index (Phi) is 50.0. The van der Waals surface area contributed by atoms with E-state index in [-0.39, 0.29) is 31.1 Å². The zero-order chi connectivity index (χ0) is 48.4. The van der Waals surface area contributed by atoms with Crippen LogP contribution in [0.1, 0.15) is 330 Å². The summed E-state index contributed by atoms with van der Waals surface area (Å²) in [7, 11) is 0. The van der Waals surface area contributed by atoms with E-state index in [0.29, 0.717) is 19.3 Å². The molecule has 392 valence electrons. The molecular weight excluding hydrogens is 817 g/mol. The van der Waals surface area contributed by atoms with E-state index in [2.05, 4.69) is 41.5 Å². The van der Waals surface area contributed by atoms with Gasteiger partial charge in [0.15, 0.2) is 6.10 Å². The van der Waals surface area contributed by atoms with Crippen molar-refractivity contribution in [1.82, 2.24) is 0 Å². The highest BCUT2D eigenvalue weighted by Gasteiger charge is 2.19. The molecule has 0 heterocycles. The van der Waals surface area contributed by atoms with Crippen LogP contribution in [-0.4, -0.2) is 37.2 Å². The van der Waals surface area contributed by atoms with Gasteiger partial charge in [0.2, 0.25) is 0 Å². The topological polar surface area (TPSA) is 78.9 Å². The lowest BCUT2D eigenvalue weighted by atomic mass is 10.0. The lowest BCUT2D eigenvalue weighted by Gasteiger charge is -2.18. The van der Waals surface area contributed by atoms with Gasteiger partial charge in [0.05, 0.1) is 0 Å². The summed E-state index contributed by atoms with van der Waals surface area (Å²) >= 11 is 0. The highest BCUT2D eigenvalue weighted by atomic mass is 16.6. The highest BCUT2D eigenvalue weighted by Crippen LogP contribution is 2.19. The molecule has 0 saturated heterocycles. The minimum atomic E-state index is -0.764. The van der Waals surface area contributed by atoms with Gasteiger partial charge in [-0.3, -0.25) is 14.4 Å². The van der Waals surface area contributed by atoms with E-state index in [1.165, 1.54) is 212 Å². The number of esters is 3. The van der Waals surface area contributed by atoms with E-state index < -0.39 is 6.10 Å². The maximum Gasteiger partial charge on any atom is 0.306 e. The van der Waals surface area contributed by atoms with Crippen molar-refractivity contribution in [2.75, 3.05) is 13.2 Å². The first kappa shape index (κ1) is 64.4. The molecule has 0 N–H and O–H groups in total. The Hall–Kier alpha value is -1.59. The first-order chi connectivity index (χ1) is 32.1. The van der Waals surface area contributed by atoms with Crippen molar-refractivity contribution in [2.45, 2.75) is 337 Å². The standard InChI is InChI=1S/C60H116O6/c1-54(2)46-40-34-28-24-20-16-12-9-7-8-10-14-19-23-27-31-39-45-51-60(63)66-57(53-65-59(62)50-44-38-33-32-36-42-48-56(5)6)52-64-58(61)49-43-37-30-26-22-18-15-11-13-17-21-25-29-35-41-47-55(3)4/h54-57H,7-53H2,1-6H3/t57-/m0/s1. The number of unbranched alkanes of at least 4 members (excludes halogenated alkanes) is 36. The molecule has 0 saturated carbocycles. The molecule has 0 unspecified atom stereocenters. The van der Waals surface area contributed by atoms with Crippen LogP contribution in [0.2, 0.25) is 0 Å². The summed E-state index contributed by atoms with van der Waals surface area (Å²) < 4.78 is 16.9. The summed E-state index contributed by atoms with van der Waals surface area (Å²) in [6.45, 7) is 13.7. The van der Waals surface area contributed by atoms with E-state index in [1.54, 1.807) is 0 Å². The first-order valence-corrected chi connectivity index (χ1v) is 29.6. The first-order valence-electron chi connectivity index (χ1n) is 29.6. The fourth-order valence-electron chi connectivity index (χ4n) is 9.18. The molecule has 0 amide bonds. The second-order valence-corrected chi connectivity index (χ2v) is 22.1. The maximum absolute atomic E-state index is 12.9.